The van der Waals surface area contributed by atoms with E-state index in [1.54, 1.807) is 0 Å². The van der Waals surface area contributed by atoms with Gasteiger partial charge in [-0.15, -0.1) is 0 Å². The fourth-order valence-electron chi connectivity index (χ4n) is 2.82. The Hall–Kier alpha value is -2.67. The van der Waals surface area contributed by atoms with Crippen molar-refractivity contribution < 1.29 is 9.59 Å². The molecule has 0 aliphatic carbocycles. The third kappa shape index (κ3) is 5.65. The second-order valence-corrected chi connectivity index (χ2v) is 6.90. The number of benzene rings is 1. The van der Waals surface area contributed by atoms with Crippen molar-refractivity contribution >= 4 is 11.9 Å². The van der Waals surface area contributed by atoms with E-state index >= 15 is 0 Å². The van der Waals surface area contributed by atoms with Gasteiger partial charge in [-0.2, -0.15) is 5.10 Å². The summed E-state index contributed by atoms with van der Waals surface area (Å²) in [6, 6.07) is 9.53. The second kappa shape index (κ2) is 9.32. The molecule has 1 aromatic heterocycles. The van der Waals surface area contributed by atoms with E-state index in [0.29, 0.717) is 6.54 Å². The summed E-state index contributed by atoms with van der Waals surface area (Å²) in [6.07, 6.45) is 0.811. The van der Waals surface area contributed by atoms with Gasteiger partial charge in [-0.25, -0.2) is 9.48 Å². The Balaban J connectivity index is 1.98. The number of carbonyl (C=O) groups is 2. The molecule has 1 atom stereocenters. The number of carbonyl (C=O) groups excluding carboxylic acids is 2. The number of nitrogens with one attached hydrogen (secondary N) is 2. The van der Waals surface area contributed by atoms with Gasteiger partial charge in [0.15, 0.2) is 0 Å². The number of urea groups is 1. The molecule has 3 amide bonds. The Morgan fingerprint density at radius 1 is 1.22 bits per heavy atom. The highest BCUT2D eigenvalue weighted by atomic mass is 16.2. The molecule has 2 aromatic rings. The highest BCUT2D eigenvalue weighted by Crippen LogP contribution is 2.19. The van der Waals surface area contributed by atoms with Gasteiger partial charge in [0.1, 0.15) is 0 Å². The first-order valence-electron chi connectivity index (χ1n) is 9.21. The Kier molecular flexibility index (Phi) is 7.12. The van der Waals surface area contributed by atoms with Gasteiger partial charge in [0.25, 0.3) is 0 Å². The van der Waals surface area contributed by atoms with Crippen molar-refractivity contribution in [3.05, 3.63) is 47.3 Å². The predicted molar refractivity (Wildman–Crippen MR) is 106 cm³/mol. The molecule has 0 aliphatic heterocycles. The van der Waals surface area contributed by atoms with Crippen LogP contribution >= 0.6 is 0 Å². The van der Waals surface area contributed by atoms with Crippen molar-refractivity contribution in [1.82, 2.24) is 25.3 Å². The number of rotatable bonds is 7. The molecule has 0 spiro atoms. The number of nitrogens with zero attached hydrogens (tertiary/aromatic N) is 3. The lowest BCUT2D eigenvalue weighted by molar-refractivity contribution is -0.121. The van der Waals surface area contributed by atoms with E-state index in [1.807, 2.05) is 74.7 Å². The molecule has 27 heavy (non-hydrogen) atoms. The highest BCUT2D eigenvalue weighted by Gasteiger charge is 2.17. The van der Waals surface area contributed by atoms with Gasteiger partial charge in [-0.3, -0.25) is 15.0 Å². The van der Waals surface area contributed by atoms with Crippen LogP contribution in [-0.4, -0.2) is 46.3 Å². The average Bonchev–Trinajstić information content (AvgIpc) is 2.90. The Morgan fingerprint density at radius 2 is 1.89 bits per heavy atom. The van der Waals surface area contributed by atoms with Crippen LogP contribution in [0.15, 0.2) is 30.3 Å². The molecular formula is C20H29N5O2. The van der Waals surface area contributed by atoms with Gasteiger partial charge in [-0.1, -0.05) is 25.1 Å². The molecule has 0 unspecified atom stereocenters. The van der Waals surface area contributed by atoms with Crippen LogP contribution < -0.4 is 10.6 Å². The molecule has 1 aromatic carbocycles. The van der Waals surface area contributed by atoms with Gasteiger partial charge in [0.05, 0.1) is 17.9 Å². The van der Waals surface area contributed by atoms with Gasteiger partial charge in [0.2, 0.25) is 5.91 Å². The molecule has 146 valence electrons. The van der Waals surface area contributed by atoms with E-state index in [9.17, 15) is 9.59 Å². The molecule has 7 nitrogen and oxygen atoms in total. The van der Waals surface area contributed by atoms with E-state index in [4.69, 9.17) is 0 Å². The molecular weight excluding hydrogens is 342 g/mol. The number of amides is 3. The highest BCUT2D eigenvalue weighted by molar-refractivity contribution is 5.95. The van der Waals surface area contributed by atoms with Crippen LogP contribution in [0.4, 0.5) is 4.79 Å². The van der Waals surface area contributed by atoms with E-state index in [1.165, 1.54) is 0 Å². The van der Waals surface area contributed by atoms with Crippen LogP contribution in [0, 0.1) is 13.8 Å². The lowest BCUT2D eigenvalue weighted by Gasteiger charge is -2.17. The smallest absolute Gasteiger partial charge is 0.321 e. The van der Waals surface area contributed by atoms with Gasteiger partial charge in [0, 0.05) is 23.8 Å². The van der Waals surface area contributed by atoms with E-state index in [-0.39, 0.29) is 18.5 Å². The standard InChI is InChI=1S/C20H29N5O2/c1-6-14(2)21-20(27)22-19(26)13-24(5)12-18-15(3)23-25(16(18)4)17-10-8-7-9-11-17/h7-11,14H,6,12-13H2,1-5H3,(H2,21,22,26,27)/t14-/m0/s1. The number of aryl methyl sites for hydroxylation is 1. The maximum Gasteiger partial charge on any atom is 0.321 e. The summed E-state index contributed by atoms with van der Waals surface area (Å²) < 4.78 is 1.91. The van der Waals surface area contributed by atoms with Gasteiger partial charge >= 0.3 is 6.03 Å². The van der Waals surface area contributed by atoms with Crippen LogP contribution in [0.1, 0.15) is 37.2 Å². The maximum atomic E-state index is 12.1. The van der Waals surface area contributed by atoms with Crippen molar-refractivity contribution in [3.8, 4) is 5.69 Å². The summed E-state index contributed by atoms with van der Waals surface area (Å²) in [4.78, 5) is 25.7. The molecule has 1 heterocycles. The van der Waals surface area contributed by atoms with Crippen molar-refractivity contribution in [2.24, 2.45) is 0 Å². The molecule has 0 radical (unpaired) electrons. The summed E-state index contributed by atoms with van der Waals surface area (Å²) in [5.74, 6) is -0.330. The molecule has 0 bridgehead atoms. The summed E-state index contributed by atoms with van der Waals surface area (Å²) >= 11 is 0. The summed E-state index contributed by atoms with van der Waals surface area (Å²) in [5.41, 5.74) is 4.06. The van der Waals surface area contributed by atoms with E-state index in [2.05, 4.69) is 15.7 Å². The van der Waals surface area contributed by atoms with E-state index in [0.717, 1.165) is 29.1 Å². The Bertz CT molecular complexity index is 785. The van der Waals surface area contributed by atoms with Crippen LogP contribution in [0.5, 0.6) is 0 Å². The molecule has 0 fully saturated rings. The number of hydrogen-bond donors (Lipinski definition) is 2. The largest absolute Gasteiger partial charge is 0.335 e. The van der Waals surface area contributed by atoms with Crippen LogP contribution in [0.25, 0.3) is 5.69 Å². The minimum absolute atomic E-state index is 0.0321. The number of hydrogen-bond acceptors (Lipinski definition) is 4. The summed E-state index contributed by atoms with van der Waals surface area (Å²) in [5, 5.41) is 9.72. The van der Waals surface area contributed by atoms with Crippen LogP contribution in [0.3, 0.4) is 0 Å². The topological polar surface area (TPSA) is 79.3 Å². The molecule has 2 rings (SSSR count). The fourth-order valence-corrected chi connectivity index (χ4v) is 2.82. The SMILES string of the molecule is CC[C@H](C)NC(=O)NC(=O)CN(C)Cc1c(C)nn(-c2ccccc2)c1C. The lowest BCUT2D eigenvalue weighted by Crippen LogP contribution is -2.46. The second-order valence-electron chi connectivity index (χ2n) is 6.90. The molecule has 0 saturated carbocycles. The van der Waals surface area contributed by atoms with Crippen LogP contribution in [0.2, 0.25) is 0 Å². The first-order valence-corrected chi connectivity index (χ1v) is 9.21. The normalized spacial score (nSPS) is 12.1. The maximum absolute atomic E-state index is 12.1. The van der Waals surface area contributed by atoms with Crippen molar-refractivity contribution in [3.63, 3.8) is 0 Å². The Morgan fingerprint density at radius 3 is 2.52 bits per heavy atom. The monoisotopic (exact) mass is 371 g/mol. The number of imide groups is 1. The van der Waals surface area contributed by atoms with Crippen LogP contribution in [-0.2, 0) is 11.3 Å². The zero-order chi connectivity index (χ0) is 20.0. The Labute approximate surface area is 160 Å². The third-order valence-corrected chi connectivity index (χ3v) is 4.53. The lowest BCUT2D eigenvalue weighted by atomic mass is 10.2. The fraction of sp³-hybridized carbons (Fsp3) is 0.450. The van der Waals surface area contributed by atoms with Crippen molar-refractivity contribution in [2.75, 3.05) is 13.6 Å². The first-order chi connectivity index (χ1) is 12.8. The first kappa shape index (κ1) is 20.6. The zero-order valence-corrected chi connectivity index (χ0v) is 16.7. The summed E-state index contributed by atoms with van der Waals surface area (Å²) in [7, 11) is 1.85. The zero-order valence-electron chi connectivity index (χ0n) is 16.7. The minimum atomic E-state index is -0.452. The number of likely N-dealkylation sites (N-methyl/N-ethyl adjacent to an activating group) is 1. The number of para-hydroxylation sites is 1. The molecule has 0 saturated heterocycles. The van der Waals surface area contributed by atoms with E-state index < -0.39 is 6.03 Å². The average molecular weight is 371 g/mol. The predicted octanol–water partition coefficient (Wildman–Crippen LogP) is 2.55. The van der Waals surface area contributed by atoms with Crippen molar-refractivity contribution in [2.45, 2.75) is 46.7 Å². The third-order valence-electron chi connectivity index (χ3n) is 4.53. The molecule has 0 aliphatic rings. The summed E-state index contributed by atoms with van der Waals surface area (Å²) in [6.45, 7) is 8.56. The molecule has 2 N–H and O–H groups in total. The van der Waals surface area contributed by atoms with Gasteiger partial charge < -0.3 is 5.32 Å². The quantitative estimate of drug-likeness (QED) is 0.784. The molecule has 7 heteroatoms. The van der Waals surface area contributed by atoms with Gasteiger partial charge in [-0.05, 0) is 46.4 Å². The minimum Gasteiger partial charge on any atom is -0.335 e. The number of aromatic nitrogens is 2. The van der Waals surface area contributed by atoms with Crippen molar-refractivity contribution in [1.29, 1.82) is 0 Å².